The van der Waals surface area contributed by atoms with Crippen molar-refractivity contribution in [2.75, 3.05) is 29.9 Å². The number of fused-ring (bicyclic) bond motifs is 1. The van der Waals surface area contributed by atoms with E-state index in [1.54, 1.807) is 0 Å². The van der Waals surface area contributed by atoms with Gasteiger partial charge >= 0.3 is 0 Å². The molecule has 0 aliphatic carbocycles. The van der Waals surface area contributed by atoms with E-state index >= 15 is 0 Å². The number of anilines is 1. The van der Waals surface area contributed by atoms with Gasteiger partial charge in [-0.3, -0.25) is 0 Å². The predicted octanol–water partition coefficient (Wildman–Crippen LogP) is 3.94. The number of nitrogens with zero attached hydrogens (tertiary/aromatic N) is 1. The fraction of sp³-hybridized carbons (Fsp3) is 0.600. The van der Waals surface area contributed by atoms with Gasteiger partial charge in [0.25, 0.3) is 0 Å². The molecule has 1 unspecified atom stereocenters. The highest BCUT2D eigenvalue weighted by atomic mass is 79.9. The van der Waals surface area contributed by atoms with Crippen LogP contribution in [0.25, 0.3) is 0 Å². The molecule has 0 bridgehead atoms. The van der Waals surface area contributed by atoms with Gasteiger partial charge in [0, 0.05) is 18.4 Å². The fourth-order valence-corrected chi connectivity index (χ4v) is 3.26. The van der Waals surface area contributed by atoms with E-state index in [0.717, 1.165) is 37.2 Å². The first-order valence-corrected chi connectivity index (χ1v) is 7.87. The molecule has 0 aromatic heterocycles. The van der Waals surface area contributed by atoms with Crippen LogP contribution in [0.2, 0.25) is 0 Å². The molecule has 1 aliphatic rings. The lowest BCUT2D eigenvalue weighted by atomic mass is 9.97. The summed E-state index contributed by atoms with van der Waals surface area (Å²) < 4.78 is 5.80. The van der Waals surface area contributed by atoms with E-state index in [1.165, 1.54) is 5.69 Å². The number of para-hydroxylation sites is 2. The number of halogens is 1. The Bertz CT molecular complexity index is 381. The summed E-state index contributed by atoms with van der Waals surface area (Å²) in [4.78, 5) is 2.48. The van der Waals surface area contributed by atoms with Gasteiger partial charge in [0.15, 0.2) is 0 Å². The molecule has 18 heavy (non-hydrogen) atoms. The minimum Gasteiger partial charge on any atom is -0.491 e. The van der Waals surface area contributed by atoms with Crippen molar-refractivity contribution in [1.82, 2.24) is 0 Å². The Balaban J connectivity index is 2.17. The van der Waals surface area contributed by atoms with Gasteiger partial charge in [0.1, 0.15) is 5.75 Å². The molecule has 100 valence electrons. The summed E-state index contributed by atoms with van der Waals surface area (Å²) in [5.74, 6) is 2.41. The Hall–Kier alpha value is -0.700. The lowest BCUT2D eigenvalue weighted by molar-refractivity contribution is 0.322. The van der Waals surface area contributed by atoms with Gasteiger partial charge in [-0.1, -0.05) is 41.9 Å². The standard InChI is InChI=1S/C15H22BrNO/c1-12(2)13(10-16)11-17-8-5-9-18-15-7-4-3-6-14(15)17/h3-4,6-7,12-13H,5,8-11H2,1-2H3. The SMILES string of the molecule is CC(C)C(CBr)CN1CCCOc2ccccc21. The normalized spacial score (nSPS) is 17.0. The molecule has 0 saturated heterocycles. The molecule has 1 heterocycles. The van der Waals surface area contributed by atoms with E-state index in [4.69, 9.17) is 4.74 Å². The molecule has 1 atom stereocenters. The maximum Gasteiger partial charge on any atom is 0.142 e. The minimum atomic E-state index is 0.677. The third-order valence-electron chi connectivity index (χ3n) is 3.63. The largest absolute Gasteiger partial charge is 0.491 e. The Morgan fingerprint density at radius 1 is 1.33 bits per heavy atom. The van der Waals surface area contributed by atoms with Crippen LogP contribution >= 0.6 is 15.9 Å². The van der Waals surface area contributed by atoms with Crippen molar-refractivity contribution >= 4 is 21.6 Å². The Morgan fingerprint density at radius 3 is 2.83 bits per heavy atom. The lowest BCUT2D eigenvalue weighted by Gasteiger charge is -2.29. The van der Waals surface area contributed by atoms with Gasteiger partial charge in [-0.05, 0) is 30.4 Å². The van der Waals surface area contributed by atoms with Gasteiger partial charge in [-0.15, -0.1) is 0 Å². The molecule has 0 N–H and O–H groups in total. The average Bonchev–Trinajstić information content (AvgIpc) is 2.58. The van der Waals surface area contributed by atoms with Crippen LogP contribution in [0.3, 0.4) is 0 Å². The molecule has 0 amide bonds. The van der Waals surface area contributed by atoms with Gasteiger partial charge in [0.05, 0.1) is 12.3 Å². The third kappa shape index (κ3) is 3.19. The minimum absolute atomic E-state index is 0.677. The van der Waals surface area contributed by atoms with Crippen LogP contribution in [0, 0.1) is 11.8 Å². The number of alkyl halides is 1. The fourth-order valence-electron chi connectivity index (χ4n) is 2.31. The van der Waals surface area contributed by atoms with Crippen LogP contribution < -0.4 is 9.64 Å². The molecular weight excluding hydrogens is 290 g/mol. The summed E-state index contributed by atoms with van der Waals surface area (Å²) in [6, 6.07) is 8.39. The number of benzene rings is 1. The Labute approximate surface area is 118 Å². The summed E-state index contributed by atoms with van der Waals surface area (Å²) in [6.45, 7) is 7.61. The van der Waals surface area contributed by atoms with Crippen molar-refractivity contribution < 1.29 is 4.74 Å². The van der Waals surface area contributed by atoms with E-state index in [1.807, 2.05) is 6.07 Å². The predicted molar refractivity (Wildman–Crippen MR) is 80.9 cm³/mol. The number of rotatable bonds is 4. The summed E-state index contributed by atoms with van der Waals surface area (Å²) in [5, 5.41) is 1.06. The first-order chi connectivity index (χ1) is 8.72. The lowest BCUT2D eigenvalue weighted by Crippen LogP contribution is -2.33. The van der Waals surface area contributed by atoms with Crippen molar-refractivity contribution in [3.63, 3.8) is 0 Å². The van der Waals surface area contributed by atoms with Crippen LogP contribution in [0.5, 0.6) is 5.75 Å². The quantitative estimate of drug-likeness (QED) is 0.781. The second-order valence-electron chi connectivity index (χ2n) is 5.27. The first-order valence-electron chi connectivity index (χ1n) is 6.75. The van der Waals surface area contributed by atoms with Crippen LogP contribution in [0.4, 0.5) is 5.69 Å². The molecule has 1 aliphatic heterocycles. The van der Waals surface area contributed by atoms with E-state index < -0.39 is 0 Å². The summed E-state index contributed by atoms with van der Waals surface area (Å²) >= 11 is 3.64. The summed E-state index contributed by atoms with van der Waals surface area (Å²) in [7, 11) is 0. The average molecular weight is 312 g/mol. The molecular formula is C15H22BrNO. The van der Waals surface area contributed by atoms with E-state index in [-0.39, 0.29) is 0 Å². The Morgan fingerprint density at radius 2 is 2.11 bits per heavy atom. The highest BCUT2D eigenvalue weighted by molar-refractivity contribution is 9.09. The van der Waals surface area contributed by atoms with Gasteiger partial charge in [0.2, 0.25) is 0 Å². The second-order valence-corrected chi connectivity index (χ2v) is 5.92. The highest BCUT2D eigenvalue weighted by Gasteiger charge is 2.20. The highest BCUT2D eigenvalue weighted by Crippen LogP contribution is 2.31. The van der Waals surface area contributed by atoms with Gasteiger partial charge in [-0.25, -0.2) is 0 Å². The Kier molecular flexibility index (Phi) is 4.93. The van der Waals surface area contributed by atoms with Crippen molar-refractivity contribution in [3.8, 4) is 5.75 Å². The van der Waals surface area contributed by atoms with Crippen LogP contribution in [-0.2, 0) is 0 Å². The maximum absolute atomic E-state index is 5.80. The van der Waals surface area contributed by atoms with Crippen LogP contribution in [0.15, 0.2) is 24.3 Å². The van der Waals surface area contributed by atoms with Crippen LogP contribution in [0.1, 0.15) is 20.3 Å². The van der Waals surface area contributed by atoms with Crippen molar-refractivity contribution in [2.24, 2.45) is 11.8 Å². The molecule has 0 saturated carbocycles. The topological polar surface area (TPSA) is 12.5 Å². The zero-order chi connectivity index (χ0) is 13.0. The number of hydrogen-bond acceptors (Lipinski definition) is 2. The first kappa shape index (κ1) is 13.7. The molecule has 2 rings (SSSR count). The van der Waals surface area contributed by atoms with E-state index in [9.17, 15) is 0 Å². The van der Waals surface area contributed by atoms with Crippen molar-refractivity contribution in [3.05, 3.63) is 24.3 Å². The van der Waals surface area contributed by atoms with Crippen molar-refractivity contribution in [2.45, 2.75) is 20.3 Å². The molecule has 3 heteroatoms. The van der Waals surface area contributed by atoms with E-state index in [2.05, 4.69) is 52.9 Å². The smallest absolute Gasteiger partial charge is 0.142 e. The molecule has 0 fully saturated rings. The third-order valence-corrected chi connectivity index (χ3v) is 4.46. The second kappa shape index (κ2) is 6.46. The van der Waals surface area contributed by atoms with Crippen molar-refractivity contribution in [1.29, 1.82) is 0 Å². The van der Waals surface area contributed by atoms with Crippen LogP contribution in [-0.4, -0.2) is 25.0 Å². The van der Waals surface area contributed by atoms with Gasteiger partial charge < -0.3 is 9.64 Å². The molecule has 0 radical (unpaired) electrons. The molecule has 1 aromatic rings. The monoisotopic (exact) mass is 311 g/mol. The summed E-state index contributed by atoms with van der Waals surface area (Å²) in [6.07, 6.45) is 1.10. The zero-order valence-electron chi connectivity index (χ0n) is 11.2. The molecule has 0 spiro atoms. The molecule has 1 aromatic carbocycles. The van der Waals surface area contributed by atoms with E-state index in [0.29, 0.717) is 11.8 Å². The maximum atomic E-state index is 5.80. The number of ether oxygens (including phenoxy) is 1. The summed E-state index contributed by atoms with van der Waals surface area (Å²) in [5.41, 5.74) is 1.25. The van der Waals surface area contributed by atoms with Gasteiger partial charge in [-0.2, -0.15) is 0 Å². The number of hydrogen-bond donors (Lipinski definition) is 0. The molecule has 2 nitrogen and oxygen atoms in total. The zero-order valence-corrected chi connectivity index (χ0v) is 12.8.